The Balaban J connectivity index is 1.37. The number of nitriles is 1. The van der Waals surface area contributed by atoms with Gasteiger partial charge in [0.1, 0.15) is 6.07 Å². The Morgan fingerprint density at radius 3 is 1.50 bits per heavy atom. The van der Waals surface area contributed by atoms with Crippen LogP contribution >= 0.6 is 0 Å². The molecule has 0 aliphatic rings. The summed E-state index contributed by atoms with van der Waals surface area (Å²) in [6.45, 7) is 0. The average molecular weight is 511 g/mol. The molecular weight excluding hydrogens is 488 g/mol. The third-order valence-corrected chi connectivity index (χ3v) is 7.87. The number of aromatic nitrogens is 3. The number of pyridine rings is 1. The van der Waals surface area contributed by atoms with Gasteiger partial charge in [0, 0.05) is 39.5 Å². The Labute approximate surface area is 230 Å². The lowest BCUT2D eigenvalue weighted by atomic mass is 10.0. The second-order valence-electron chi connectivity index (χ2n) is 9.98. The molecule has 0 bridgehead atoms. The maximum Gasteiger partial charge on any atom is 0.101 e. The van der Waals surface area contributed by atoms with Crippen molar-refractivity contribution in [1.29, 1.82) is 5.26 Å². The van der Waals surface area contributed by atoms with Crippen LogP contribution in [0, 0.1) is 11.3 Å². The van der Waals surface area contributed by atoms with Gasteiger partial charge in [0.2, 0.25) is 0 Å². The predicted molar refractivity (Wildman–Crippen MR) is 163 cm³/mol. The summed E-state index contributed by atoms with van der Waals surface area (Å²) in [6.07, 6.45) is 3.73. The van der Waals surface area contributed by atoms with Crippen molar-refractivity contribution in [3.8, 4) is 28.6 Å². The molecule has 0 fully saturated rings. The first-order valence-electron chi connectivity index (χ1n) is 13.3. The second-order valence-corrected chi connectivity index (χ2v) is 9.98. The fraction of sp³-hybridized carbons (Fsp3) is 0. The summed E-state index contributed by atoms with van der Waals surface area (Å²) >= 11 is 0. The molecule has 0 aliphatic heterocycles. The van der Waals surface area contributed by atoms with Gasteiger partial charge in [-0.05, 0) is 48.0 Å². The highest BCUT2D eigenvalue weighted by molar-refractivity contribution is 6.10. The summed E-state index contributed by atoms with van der Waals surface area (Å²) in [4.78, 5) is 4.50. The van der Waals surface area contributed by atoms with E-state index in [1.807, 2.05) is 30.6 Å². The van der Waals surface area contributed by atoms with Gasteiger partial charge in [-0.15, -0.1) is 0 Å². The van der Waals surface area contributed by atoms with Crippen LogP contribution in [0.1, 0.15) is 5.56 Å². The standard InChI is InChI=1S/C36H22N4/c37-22-25-21-24(17-18-31(25)39-32-13-5-1-9-26(32)27-10-2-6-14-33(27)39)30-23-38-20-19-36(30)40-34-15-7-3-11-28(34)29-12-4-8-16-35(29)40/h1-21,23H. The Morgan fingerprint density at radius 1 is 0.525 bits per heavy atom. The van der Waals surface area contributed by atoms with E-state index < -0.39 is 0 Å². The number of hydrogen-bond donors (Lipinski definition) is 0. The molecule has 8 aromatic rings. The van der Waals surface area contributed by atoms with Crippen molar-refractivity contribution in [1.82, 2.24) is 14.1 Å². The highest BCUT2D eigenvalue weighted by atomic mass is 15.0. The second kappa shape index (κ2) is 8.69. The molecule has 0 saturated heterocycles. The predicted octanol–water partition coefficient (Wildman–Crippen LogP) is 8.81. The lowest BCUT2D eigenvalue weighted by Gasteiger charge is -2.15. The minimum atomic E-state index is 0.612. The van der Waals surface area contributed by atoms with E-state index >= 15 is 0 Å². The van der Waals surface area contributed by atoms with Crippen LogP contribution in [0.5, 0.6) is 0 Å². The van der Waals surface area contributed by atoms with Crippen LogP contribution in [-0.2, 0) is 0 Å². The summed E-state index contributed by atoms with van der Waals surface area (Å²) in [5.74, 6) is 0. The van der Waals surface area contributed by atoms with Gasteiger partial charge in [-0.3, -0.25) is 4.98 Å². The van der Waals surface area contributed by atoms with Crippen LogP contribution in [0.2, 0.25) is 0 Å². The molecule has 0 amide bonds. The van der Waals surface area contributed by atoms with Gasteiger partial charge in [0.05, 0.1) is 39.0 Å². The minimum Gasteiger partial charge on any atom is -0.309 e. The van der Waals surface area contributed by atoms with Crippen molar-refractivity contribution in [2.24, 2.45) is 0 Å². The average Bonchev–Trinajstić information content (AvgIpc) is 3.54. The third kappa shape index (κ3) is 3.15. The SMILES string of the molecule is N#Cc1cc(-c2cnccc2-n2c3ccccc3c3ccccc32)ccc1-n1c2ccccc2c2ccccc21. The summed E-state index contributed by atoms with van der Waals surface area (Å²) in [7, 11) is 0. The number of fused-ring (bicyclic) bond motifs is 6. The van der Waals surface area contributed by atoms with E-state index in [1.165, 1.54) is 21.5 Å². The van der Waals surface area contributed by atoms with Gasteiger partial charge >= 0.3 is 0 Å². The number of para-hydroxylation sites is 4. The Hall–Kier alpha value is -5.66. The first-order chi connectivity index (χ1) is 19.8. The van der Waals surface area contributed by atoms with Crippen molar-refractivity contribution in [2.45, 2.75) is 0 Å². The lowest BCUT2D eigenvalue weighted by molar-refractivity contribution is 1.15. The molecule has 0 unspecified atom stereocenters. The maximum absolute atomic E-state index is 10.4. The fourth-order valence-electron chi connectivity index (χ4n) is 6.16. The quantitative estimate of drug-likeness (QED) is 0.238. The number of nitrogens with zero attached hydrogens (tertiary/aromatic N) is 4. The highest BCUT2D eigenvalue weighted by Gasteiger charge is 2.18. The zero-order valence-electron chi connectivity index (χ0n) is 21.5. The monoisotopic (exact) mass is 510 g/mol. The van der Waals surface area contributed by atoms with Crippen LogP contribution in [0.3, 0.4) is 0 Å². The van der Waals surface area contributed by atoms with E-state index in [2.05, 4.69) is 123 Å². The highest BCUT2D eigenvalue weighted by Crippen LogP contribution is 2.38. The van der Waals surface area contributed by atoms with Gasteiger partial charge in [-0.2, -0.15) is 5.26 Å². The summed E-state index contributed by atoms with van der Waals surface area (Å²) in [6, 6.07) is 44.4. The smallest absolute Gasteiger partial charge is 0.101 e. The van der Waals surface area contributed by atoms with Crippen LogP contribution in [0.15, 0.2) is 134 Å². The zero-order valence-corrected chi connectivity index (χ0v) is 21.5. The summed E-state index contributed by atoms with van der Waals surface area (Å²) in [5.41, 5.74) is 8.87. The van der Waals surface area contributed by atoms with Gasteiger partial charge in [-0.25, -0.2) is 0 Å². The Morgan fingerprint density at radius 2 is 1.00 bits per heavy atom. The molecule has 8 rings (SSSR count). The number of rotatable bonds is 3. The minimum absolute atomic E-state index is 0.612. The molecule has 0 N–H and O–H groups in total. The summed E-state index contributed by atoms with van der Waals surface area (Å²) in [5, 5.41) is 15.1. The van der Waals surface area contributed by atoms with Crippen molar-refractivity contribution in [2.75, 3.05) is 0 Å². The first kappa shape index (κ1) is 22.3. The molecule has 3 heterocycles. The molecule has 0 radical (unpaired) electrons. The molecule has 3 aromatic heterocycles. The Bertz CT molecular complexity index is 2190. The topological polar surface area (TPSA) is 46.5 Å². The van der Waals surface area contributed by atoms with E-state index in [0.717, 1.165) is 44.6 Å². The molecule has 5 aromatic carbocycles. The van der Waals surface area contributed by atoms with Gasteiger partial charge < -0.3 is 9.13 Å². The lowest BCUT2D eigenvalue weighted by Crippen LogP contribution is -2.00. The van der Waals surface area contributed by atoms with E-state index in [9.17, 15) is 5.26 Å². The molecule has 0 aliphatic carbocycles. The van der Waals surface area contributed by atoms with Crippen molar-refractivity contribution in [3.05, 3.63) is 139 Å². The fourth-order valence-corrected chi connectivity index (χ4v) is 6.16. The van der Waals surface area contributed by atoms with E-state index in [1.54, 1.807) is 0 Å². The van der Waals surface area contributed by atoms with Crippen molar-refractivity contribution < 1.29 is 0 Å². The molecule has 186 valence electrons. The van der Waals surface area contributed by atoms with Crippen LogP contribution in [-0.4, -0.2) is 14.1 Å². The number of benzene rings is 5. The molecule has 0 saturated carbocycles. The molecular formula is C36H22N4. The van der Waals surface area contributed by atoms with Crippen LogP contribution in [0.25, 0.3) is 66.1 Å². The van der Waals surface area contributed by atoms with Gasteiger partial charge in [0.25, 0.3) is 0 Å². The number of hydrogen-bond acceptors (Lipinski definition) is 2. The van der Waals surface area contributed by atoms with Crippen molar-refractivity contribution >= 4 is 43.6 Å². The normalized spacial score (nSPS) is 11.5. The zero-order chi connectivity index (χ0) is 26.6. The van der Waals surface area contributed by atoms with E-state index in [0.29, 0.717) is 5.56 Å². The Kier molecular flexibility index (Phi) is 4.85. The molecule has 4 heteroatoms. The van der Waals surface area contributed by atoms with Gasteiger partial charge in [0.15, 0.2) is 0 Å². The van der Waals surface area contributed by atoms with E-state index in [-0.39, 0.29) is 0 Å². The molecule has 4 nitrogen and oxygen atoms in total. The van der Waals surface area contributed by atoms with Crippen molar-refractivity contribution in [3.63, 3.8) is 0 Å². The molecule has 0 atom stereocenters. The largest absolute Gasteiger partial charge is 0.309 e. The van der Waals surface area contributed by atoms with Crippen LogP contribution < -0.4 is 0 Å². The van der Waals surface area contributed by atoms with Gasteiger partial charge in [-0.1, -0.05) is 78.9 Å². The van der Waals surface area contributed by atoms with E-state index in [4.69, 9.17) is 0 Å². The maximum atomic E-state index is 10.4. The first-order valence-corrected chi connectivity index (χ1v) is 13.3. The molecule has 40 heavy (non-hydrogen) atoms. The van der Waals surface area contributed by atoms with Crippen LogP contribution in [0.4, 0.5) is 0 Å². The third-order valence-electron chi connectivity index (χ3n) is 7.87. The summed E-state index contributed by atoms with van der Waals surface area (Å²) < 4.78 is 4.50. The molecule has 0 spiro atoms.